The first-order chi connectivity index (χ1) is 16.4. The Morgan fingerprint density at radius 1 is 1.00 bits per heavy atom. The van der Waals surface area contributed by atoms with Crippen LogP contribution in [0.25, 0.3) is 17.2 Å². The van der Waals surface area contributed by atoms with E-state index in [0.29, 0.717) is 29.2 Å². The lowest BCUT2D eigenvalue weighted by Crippen LogP contribution is -2.48. The Hall–Kier alpha value is -2.95. The quantitative estimate of drug-likeness (QED) is 0.464. The van der Waals surface area contributed by atoms with Crippen LogP contribution in [-0.4, -0.2) is 30.4 Å². The Kier molecular flexibility index (Phi) is 5.83. The fourth-order valence-corrected chi connectivity index (χ4v) is 7.37. The molecular weight excluding hydrogens is 428 g/mol. The number of ether oxygens (including phenoxy) is 2. The number of aliphatic carboxylic acids is 1. The fourth-order valence-electron chi connectivity index (χ4n) is 7.37. The number of phenols is 1. The van der Waals surface area contributed by atoms with Crippen LogP contribution in [0.2, 0.25) is 0 Å². The van der Waals surface area contributed by atoms with E-state index in [1.54, 1.807) is 20.3 Å². The highest BCUT2D eigenvalue weighted by Gasteiger charge is 2.52. The molecule has 4 saturated carbocycles. The van der Waals surface area contributed by atoms with Crippen LogP contribution < -0.4 is 9.47 Å². The van der Waals surface area contributed by atoms with Crippen molar-refractivity contribution < 1.29 is 24.5 Å². The van der Waals surface area contributed by atoms with Crippen LogP contribution in [0.1, 0.15) is 63.0 Å². The summed E-state index contributed by atoms with van der Waals surface area (Å²) in [7, 11) is 3.23. The third-order valence-corrected chi connectivity index (χ3v) is 8.42. The minimum atomic E-state index is -0.928. The van der Waals surface area contributed by atoms with Gasteiger partial charge in [0.15, 0.2) is 0 Å². The summed E-state index contributed by atoms with van der Waals surface area (Å²) in [4.78, 5) is 11.5. The highest BCUT2D eigenvalue weighted by atomic mass is 16.5. The molecule has 0 unspecified atom stereocenters. The lowest BCUT2D eigenvalue weighted by Gasteiger charge is -2.57. The van der Waals surface area contributed by atoms with Crippen molar-refractivity contribution in [2.75, 3.05) is 14.2 Å². The second kappa shape index (κ2) is 8.68. The highest BCUT2D eigenvalue weighted by molar-refractivity contribution is 5.92. The summed E-state index contributed by atoms with van der Waals surface area (Å²) in [6.45, 7) is 1.82. The van der Waals surface area contributed by atoms with Gasteiger partial charge in [-0.1, -0.05) is 13.0 Å². The standard InChI is InChI=1S/C29H34O5/c1-4-21(28(31)32)10-17-11-25(33-2)27(26(12-17)34-3)22-5-6-24(30)23(13-22)29-14-18-7-19(15-29)9-20(8-18)16-29/h5-6,10-13,18-20,30H,4,7-9,14-16H2,1-3H3,(H,31,32). The molecule has 2 N–H and O–H groups in total. The zero-order valence-electron chi connectivity index (χ0n) is 20.3. The largest absolute Gasteiger partial charge is 0.508 e. The average Bonchev–Trinajstić information content (AvgIpc) is 2.81. The number of benzene rings is 2. The van der Waals surface area contributed by atoms with E-state index < -0.39 is 5.97 Å². The summed E-state index contributed by atoms with van der Waals surface area (Å²) >= 11 is 0. The van der Waals surface area contributed by atoms with Gasteiger partial charge in [0.05, 0.1) is 19.8 Å². The molecule has 0 aliphatic heterocycles. The van der Waals surface area contributed by atoms with Crippen LogP contribution in [0.5, 0.6) is 17.2 Å². The van der Waals surface area contributed by atoms with Crippen LogP contribution in [0.4, 0.5) is 0 Å². The maximum atomic E-state index is 11.5. The van der Waals surface area contributed by atoms with Gasteiger partial charge in [0, 0.05) is 11.1 Å². The van der Waals surface area contributed by atoms with Gasteiger partial charge >= 0.3 is 5.97 Å². The average molecular weight is 463 g/mol. The molecule has 0 amide bonds. The Morgan fingerprint density at radius 2 is 1.56 bits per heavy atom. The molecule has 0 heterocycles. The van der Waals surface area contributed by atoms with E-state index in [9.17, 15) is 15.0 Å². The van der Waals surface area contributed by atoms with Crippen LogP contribution in [0.15, 0.2) is 35.9 Å². The predicted molar refractivity (Wildman–Crippen MR) is 132 cm³/mol. The smallest absolute Gasteiger partial charge is 0.331 e. The van der Waals surface area contributed by atoms with Crippen LogP contribution in [-0.2, 0) is 10.2 Å². The molecule has 4 aliphatic carbocycles. The van der Waals surface area contributed by atoms with Gasteiger partial charge in [0.25, 0.3) is 0 Å². The molecule has 2 aromatic carbocycles. The van der Waals surface area contributed by atoms with Crippen molar-refractivity contribution in [1.82, 2.24) is 0 Å². The van der Waals surface area contributed by atoms with Gasteiger partial charge in [-0.05, 0) is 110 Å². The Labute approximate surface area is 201 Å². The van der Waals surface area contributed by atoms with Gasteiger partial charge in [0.2, 0.25) is 0 Å². The maximum Gasteiger partial charge on any atom is 0.331 e. The molecule has 0 radical (unpaired) electrons. The van der Waals surface area contributed by atoms with E-state index >= 15 is 0 Å². The third kappa shape index (κ3) is 3.85. The molecule has 5 nitrogen and oxygen atoms in total. The molecule has 180 valence electrons. The highest BCUT2D eigenvalue weighted by Crippen LogP contribution is 2.62. The molecule has 6 rings (SSSR count). The van der Waals surface area contributed by atoms with Crippen molar-refractivity contribution in [1.29, 1.82) is 0 Å². The zero-order chi connectivity index (χ0) is 24.0. The molecule has 2 aromatic rings. The summed E-state index contributed by atoms with van der Waals surface area (Å²) in [5, 5.41) is 20.4. The van der Waals surface area contributed by atoms with Gasteiger partial charge in [-0.25, -0.2) is 4.79 Å². The molecule has 34 heavy (non-hydrogen) atoms. The number of carboxylic acids is 1. The summed E-state index contributed by atoms with van der Waals surface area (Å²) in [6, 6.07) is 9.59. The number of methoxy groups -OCH3 is 2. The van der Waals surface area contributed by atoms with E-state index in [1.165, 1.54) is 38.5 Å². The number of rotatable bonds is 7. The Balaban J connectivity index is 1.60. The minimum absolute atomic E-state index is 0.0650. The van der Waals surface area contributed by atoms with Crippen LogP contribution in [0.3, 0.4) is 0 Å². The van der Waals surface area contributed by atoms with Gasteiger partial charge in [0.1, 0.15) is 17.2 Å². The second-order valence-corrected chi connectivity index (χ2v) is 10.6. The molecule has 4 aliphatic rings. The molecule has 0 aromatic heterocycles. The van der Waals surface area contributed by atoms with Crippen molar-refractivity contribution in [2.45, 2.75) is 57.3 Å². The first-order valence-electron chi connectivity index (χ1n) is 12.4. The molecular formula is C29H34O5. The molecule has 0 saturated heterocycles. The second-order valence-electron chi connectivity index (χ2n) is 10.6. The number of carboxylic acid groups (broad SMARTS) is 1. The maximum absolute atomic E-state index is 11.5. The van der Waals surface area contributed by atoms with E-state index in [0.717, 1.165) is 40.0 Å². The minimum Gasteiger partial charge on any atom is -0.508 e. The molecule has 4 bridgehead atoms. The lowest BCUT2D eigenvalue weighted by molar-refractivity contribution is -0.132. The normalized spacial score (nSPS) is 27.6. The topological polar surface area (TPSA) is 76.0 Å². The van der Waals surface area contributed by atoms with Gasteiger partial charge in [-0.2, -0.15) is 0 Å². The van der Waals surface area contributed by atoms with E-state index in [-0.39, 0.29) is 5.41 Å². The van der Waals surface area contributed by atoms with Gasteiger partial charge in [-0.3, -0.25) is 0 Å². The van der Waals surface area contributed by atoms with E-state index in [2.05, 4.69) is 6.07 Å². The SMILES string of the molecule is CCC(=Cc1cc(OC)c(-c2ccc(O)c(C34CC5CC(CC(C5)C3)C4)c2)c(OC)c1)C(=O)O. The van der Waals surface area contributed by atoms with Crippen molar-refractivity contribution in [3.05, 3.63) is 47.0 Å². The number of hydrogen-bond acceptors (Lipinski definition) is 4. The fraction of sp³-hybridized carbons (Fsp3) is 0.483. The summed E-state index contributed by atoms with van der Waals surface area (Å²) < 4.78 is 11.5. The van der Waals surface area contributed by atoms with Gasteiger partial charge < -0.3 is 19.7 Å². The number of carbonyl (C=O) groups is 1. The van der Waals surface area contributed by atoms with Gasteiger partial charge in [-0.15, -0.1) is 0 Å². The zero-order valence-corrected chi connectivity index (χ0v) is 20.3. The Bertz CT molecular complexity index is 1080. The molecule has 4 fully saturated rings. The summed E-state index contributed by atoms with van der Waals surface area (Å²) in [5.41, 5.74) is 3.94. The monoisotopic (exact) mass is 462 g/mol. The summed E-state index contributed by atoms with van der Waals surface area (Å²) in [6.07, 6.45) is 9.66. The first-order valence-corrected chi connectivity index (χ1v) is 12.4. The number of aromatic hydroxyl groups is 1. The van der Waals surface area contributed by atoms with Crippen LogP contribution in [0, 0.1) is 17.8 Å². The number of hydrogen-bond donors (Lipinski definition) is 2. The van der Waals surface area contributed by atoms with Crippen molar-refractivity contribution in [2.24, 2.45) is 17.8 Å². The molecule has 0 spiro atoms. The van der Waals surface area contributed by atoms with Crippen LogP contribution >= 0.6 is 0 Å². The predicted octanol–water partition coefficient (Wildman–Crippen LogP) is 6.42. The summed E-state index contributed by atoms with van der Waals surface area (Å²) in [5.74, 6) is 3.05. The Morgan fingerprint density at radius 3 is 2.03 bits per heavy atom. The lowest BCUT2D eigenvalue weighted by atomic mass is 9.48. The number of phenolic OH excluding ortho intramolecular Hbond substituents is 1. The first kappa shape index (κ1) is 22.8. The third-order valence-electron chi connectivity index (χ3n) is 8.42. The van der Waals surface area contributed by atoms with E-state index in [4.69, 9.17) is 9.47 Å². The molecule has 5 heteroatoms. The van der Waals surface area contributed by atoms with Crippen molar-refractivity contribution >= 4 is 12.0 Å². The van der Waals surface area contributed by atoms with E-state index in [1.807, 2.05) is 31.2 Å². The molecule has 0 atom stereocenters. The van der Waals surface area contributed by atoms with Crippen molar-refractivity contribution in [3.63, 3.8) is 0 Å². The van der Waals surface area contributed by atoms with Crippen molar-refractivity contribution in [3.8, 4) is 28.4 Å².